The van der Waals surface area contributed by atoms with Crippen molar-refractivity contribution >= 4 is 21.5 Å². The zero-order chi connectivity index (χ0) is 19.0. The van der Waals surface area contributed by atoms with Crippen LogP contribution in [0.3, 0.4) is 0 Å². The number of nitrogens with zero attached hydrogens (tertiary/aromatic N) is 2. The molecule has 1 aliphatic rings. The molecule has 2 heterocycles. The first-order valence-corrected chi connectivity index (χ1v) is 9.60. The Kier molecular flexibility index (Phi) is 4.12. The van der Waals surface area contributed by atoms with Gasteiger partial charge in [-0.05, 0) is 36.4 Å². The Hall–Kier alpha value is -3.26. The normalized spacial score (nSPS) is 13.1. The third kappa shape index (κ3) is 3.26. The molecule has 1 aromatic heterocycles. The lowest BCUT2D eigenvalue weighted by Crippen LogP contribution is -2.14. The molecular weight excluding hydrogens is 367 g/mol. The molecule has 8 heteroatoms. The Bertz CT molecular complexity index is 1160. The van der Waals surface area contributed by atoms with Crippen molar-refractivity contribution in [3.8, 4) is 11.3 Å². The van der Waals surface area contributed by atoms with Crippen LogP contribution in [0.1, 0.15) is 11.3 Å². The minimum Gasteiger partial charge on any atom is -0.382 e. The molecule has 0 saturated heterocycles. The molecular formula is C19H15FN4O2S. The minimum atomic E-state index is -3.90. The average Bonchev–Trinajstić information content (AvgIpc) is 3.02. The van der Waals surface area contributed by atoms with Crippen LogP contribution in [0.15, 0.2) is 70.6 Å². The number of halogens is 1. The first-order chi connectivity index (χ1) is 12.9. The van der Waals surface area contributed by atoms with E-state index in [1.54, 1.807) is 42.5 Å². The van der Waals surface area contributed by atoms with Crippen LogP contribution in [0.25, 0.3) is 11.3 Å². The third-order valence-electron chi connectivity index (χ3n) is 4.19. The molecule has 27 heavy (non-hydrogen) atoms. The Labute approximate surface area is 155 Å². The van der Waals surface area contributed by atoms with E-state index in [0.717, 1.165) is 11.6 Å². The molecule has 136 valence electrons. The van der Waals surface area contributed by atoms with Crippen molar-refractivity contribution in [1.29, 1.82) is 0 Å². The van der Waals surface area contributed by atoms with Gasteiger partial charge in [-0.25, -0.2) is 17.8 Å². The lowest BCUT2D eigenvalue weighted by molar-refractivity contribution is 0.596. The predicted molar refractivity (Wildman–Crippen MR) is 101 cm³/mol. The van der Waals surface area contributed by atoms with Gasteiger partial charge in [0, 0.05) is 16.8 Å². The van der Waals surface area contributed by atoms with Gasteiger partial charge in [-0.15, -0.1) is 0 Å². The molecule has 0 atom stereocenters. The van der Waals surface area contributed by atoms with Crippen LogP contribution in [0.5, 0.6) is 0 Å². The van der Waals surface area contributed by atoms with E-state index >= 15 is 0 Å². The quantitative estimate of drug-likeness (QED) is 0.725. The van der Waals surface area contributed by atoms with Gasteiger partial charge in [-0.2, -0.15) is 0 Å². The number of amidine groups is 1. The molecule has 0 fully saturated rings. The van der Waals surface area contributed by atoms with Crippen LogP contribution in [-0.4, -0.2) is 19.2 Å². The number of nitrogens with two attached hydrogens (primary N) is 1. The molecule has 6 nitrogen and oxygen atoms in total. The highest BCUT2D eigenvalue weighted by molar-refractivity contribution is 7.92. The first-order valence-electron chi connectivity index (χ1n) is 8.12. The van der Waals surface area contributed by atoms with Crippen molar-refractivity contribution in [2.24, 2.45) is 10.7 Å². The summed E-state index contributed by atoms with van der Waals surface area (Å²) in [5.74, 6) is -0.370. The number of aromatic nitrogens is 1. The molecule has 2 aromatic carbocycles. The largest absolute Gasteiger partial charge is 0.382 e. The number of rotatable bonds is 4. The maximum atomic E-state index is 14.7. The topological polar surface area (TPSA) is 97.4 Å². The van der Waals surface area contributed by atoms with Crippen LogP contribution in [0, 0.1) is 5.82 Å². The minimum absolute atomic E-state index is 0.171. The van der Waals surface area contributed by atoms with Crippen molar-refractivity contribution in [2.75, 3.05) is 4.72 Å². The molecule has 3 aromatic rings. The average molecular weight is 382 g/mol. The highest BCUT2D eigenvalue weighted by atomic mass is 32.2. The second-order valence-corrected chi connectivity index (χ2v) is 7.70. The number of para-hydroxylation sites is 1. The number of nitrogens with one attached hydrogen (secondary N) is 1. The third-order valence-corrected chi connectivity index (χ3v) is 5.57. The molecule has 4 rings (SSSR count). The summed E-state index contributed by atoms with van der Waals surface area (Å²) >= 11 is 0. The summed E-state index contributed by atoms with van der Waals surface area (Å²) in [6, 6.07) is 15.6. The van der Waals surface area contributed by atoms with E-state index in [4.69, 9.17) is 5.73 Å². The van der Waals surface area contributed by atoms with E-state index in [9.17, 15) is 12.8 Å². The van der Waals surface area contributed by atoms with Gasteiger partial charge in [0.05, 0.1) is 17.1 Å². The second-order valence-electron chi connectivity index (χ2n) is 6.02. The lowest BCUT2D eigenvalue weighted by Gasteiger charge is -2.10. The van der Waals surface area contributed by atoms with E-state index in [0.29, 0.717) is 29.5 Å². The molecule has 0 bridgehead atoms. The van der Waals surface area contributed by atoms with Crippen LogP contribution in [0.4, 0.5) is 10.1 Å². The number of anilines is 1. The predicted octanol–water partition coefficient (Wildman–Crippen LogP) is 2.91. The monoisotopic (exact) mass is 382 g/mol. The SMILES string of the molecule is NC1=NCc2ccc(-c3ccc(S(=O)(=O)Nc4ccccc4)cc3F)nc21. The van der Waals surface area contributed by atoms with Crippen LogP contribution in [-0.2, 0) is 16.6 Å². The highest BCUT2D eigenvalue weighted by Gasteiger charge is 2.20. The maximum absolute atomic E-state index is 14.7. The summed E-state index contributed by atoms with van der Waals surface area (Å²) in [5, 5.41) is 0. The van der Waals surface area contributed by atoms with E-state index < -0.39 is 15.8 Å². The first kappa shape index (κ1) is 17.2. The van der Waals surface area contributed by atoms with Crippen molar-refractivity contribution in [1.82, 2.24) is 4.98 Å². The van der Waals surface area contributed by atoms with Gasteiger partial charge >= 0.3 is 0 Å². The zero-order valence-electron chi connectivity index (χ0n) is 14.1. The molecule has 0 aliphatic carbocycles. The molecule has 0 amide bonds. The summed E-state index contributed by atoms with van der Waals surface area (Å²) in [6.45, 7) is 0.458. The van der Waals surface area contributed by atoms with E-state index in [1.807, 2.05) is 0 Å². The van der Waals surface area contributed by atoms with Crippen molar-refractivity contribution < 1.29 is 12.8 Å². The Morgan fingerprint density at radius 3 is 2.56 bits per heavy atom. The fraction of sp³-hybridized carbons (Fsp3) is 0.0526. The lowest BCUT2D eigenvalue weighted by atomic mass is 10.1. The number of sulfonamides is 1. The van der Waals surface area contributed by atoms with E-state index in [1.165, 1.54) is 12.1 Å². The number of aliphatic imine (C=N–C) groups is 1. The zero-order valence-corrected chi connectivity index (χ0v) is 14.9. The maximum Gasteiger partial charge on any atom is 0.261 e. The fourth-order valence-electron chi connectivity index (χ4n) is 2.82. The number of hydrogen-bond donors (Lipinski definition) is 2. The molecule has 0 saturated carbocycles. The molecule has 0 unspecified atom stereocenters. The van der Waals surface area contributed by atoms with Crippen molar-refractivity contribution in [3.05, 3.63) is 77.7 Å². The van der Waals surface area contributed by atoms with Crippen molar-refractivity contribution in [3.63, 3.8) is 0 Å². The van der Waals surface area contributed by atoms with E-state index in [-0.39, 0.29) is 10.5 Å². The summed E-state index contributed by atoms with van der Waals surface area (Å²) in [5.41, 5.74) is 8.16. The Balaban J connectivity index is 1.67. The van der Waals surface area contributed by atoms with Crippen LogP contribution < -0.4 is 10.5 Å². The van der Waals surface area contributed by atoms with Gasteiger partial charge in [0.15, 0.2) is 0 Å². The summed E-state index contributed by atoms with van der Waals surface area (Å²) in [6.07, 6.45) is 0. The molecule has 0 radical (unpaired) electrons. The summed E-state index contributed by atoms with van der Waals surface area (Å²) in [7, 11) is -3.90. The molecule has 0 spiro atoms. The number of fused-ring (bicyclic) bond motifs is 1. The van der Waals surface area contributed by atoms with Crippen LogP contribution in [0.2, 0.25) is 0 Å². The van der Waals surface area contributed by atoms with Gasteiger partial charge < -0.3 is 5.73 Å². The van der Waals surface area contributed by atoms with Crippen molar-refractivity contribution in [2.45, 2.75) is 11.4 Å². The standard InChI is InChI=1S/C19H15FN4O2S/c20-16-10-14(27(25,26)24-13-4-2-1-3-5-13)7-8-15(16)17-9-6-12-11-22-19(21)18(12)23-17/h1-10,24H,11H2,(H2,21,22). The number of hydrogen-bond acceptors (Lipinski definition) is 5. The molecule has 3 N–H and O–H groups in total. The van der Waals surface area contributed by atoms with Gasteiger partial charge in [-0.1, -0.05) is 24.3 Å². The van der Waals surface area contributed by atoms with Gasteiger partial charge in [0.25, 0.3) is 10.0 Å². The number of pyridine rings is 1. The van der Waals surface area contributed by atoms with Crippen LogP contribution >= 0.6 is 0 Å². The van der Waals surface area contributed by atoms with Gasteiger partial charge in [0.2, 0.25) is 0 Å². The molecule has 1 aliphatic heterocycles. The van der Waals surface area contributed by atoms with Gasteiger partial charge in [-0.3, -0.25) is 9.71 Å². The Morgan fingerprint density at radius 2 is 1.81 bits per heavy atom. The van der Waals surface area contributed by atoms with E-state index in [2.05, 4.69) is 14.7 Å². The highest BCUT2D eigenvalue weighted by Crippen LogP contribution is 2.27. The smallest absolute Gasteiger partial charge is 0.261 e. The number of benzene rings is 2. The summed E-state index contributed by atoms with van der Waals surface area (Å²) < 4.78 is 42.0. The fourth-order valence-corrected chi connectivity index (χ4v) is 3.89. The summed E-state index contributed by atoms with van der Waals surface area (Å²) in [4.78, 5) is 8.29. The second kappa shape index (κ2) is 6.48. The van der Waals surface area contributed by atoms with Gasteiger partial charge in [0.1, 0.15) is 17.3 Å². The Morgan fingerprint density at radius 1 is 1.04 bits per heavy atom.